The zero-order valence-corrected chi connectivity index (χ0v) is 21.6. The first-order chi connectivity index (χ1) is 16.6. The van der Waals surface area contributed by atoms with Gasteiger partial charge in [-0.1, -0.05) is 25.1 Å². The van der Waals surface area contributed by atoms with Gasteiger partial charge in [-0.05, 0) is 42.3 Å². The van der Waals surface area contributed by atoms with E-state index >= 15 is 0 Å². The van der Waals surface area contributed by atoms with Crippen molar-refractivity contribution in [2.45, 2.75) is 30.9 Å². The number of hydrogen-bond donors (Lipinski definition) is 1. The zero-order chi connectivity index (χ0) is 25.8. The van der Waals surface area contributed by atoms with E-state index < -0.39 is 22.2 Å². The number of benzene rings is 2. The van der Waals surface area contributed by atoms with Gasteiger partial charge >= 0.3 is 0 Å². The van der Waals surface area contributed by atoms with E-state index in [2.05, 4.69) is 0 Å². The molecule has 0 bridgehead atoms. The minimum atomic E-state index is -3.95. The van der Waals surface area contributed by atoms with Crippen LogP contribution in [0.4, 0.5) is 0 Å². The molecule has 0 unspecified atom stereocenters. The molecule has 0 saturated heterocycles. The topological polar surface area (TPSA) is 106 Å². The van der Waals surface area contributed by atoms with E-state index in [1.165, 1.54) is 22.4 Å². The Labute approximate surface area is 207 Å². The average Bonchev–Trinajstić information content (AvgIpc) is 2.85. The van der Waals surface area contributed by atoms with Crippen molar-refractivity contribution >= 4 is 15.9 Å². The number of carbonyl (C=O) groups is 1. The van der Waals surface area contributed by atoms with Crippen molar-refractivity contribution in [3.8, 4) is 22.6 Å². The number of rotatable bonds is 8. The predicted molar refractivity (Wildman–Crippen MR) is 132 cm³/mol. The molecule has 35 heavy (non-hydrogen) atoms. The van der Waals surface area contributed by atoms with Crippen molar-refractivity contribution in [2.24, 2.45) is 5.92 Å². The van der Waals surface area contributed by atoms with Crippen LogP contribution < -0.4 is 9.47 Å². The molecule has 10 heteroatoms. The van der Waals surface area contributed by atoms with Gasteiger partial charge in [0.2, 0.25) is 15.9 Å². The van der Waals surface area contributed by atoms with Crippen molar-refractivity contribution in [1.82, 2.24) is 9.21 Å². The van der Waals surface area contributed by atoms with Crippen LogP contribution in [0.1, 0.15) is 13.8 Å². The Hall–Kier alpha value is -2.66. The molecular formula is C25H34N2O7S. The first kappa shape index (κ1) is 26.9. The van der Waals surface area contributed by atoms with Crippen LogP contribution in [0.2, 0.25) is 0 Å². The van der Waals surface area contributed by atoms with Crippen molar-refractivity contribution in [3.05, 3.63) is 42.5 Å². The summed E-state index contributed by atoms with van der Waals surface area (Å²) in [5.41, 5.74) is 1.65. The van der Waals surface area contributed by atoms with Crippen molar-refractivity contribution in [2.75, 3.05) is 47.6 Å². The third-order valence-corrected chi connectivity index (χ3v) is 8.26. The minimum Gasteiger partial charge on any atom is -0.497 e. The van der Waals surface area contributed by atoms with Gasteiger partial charge in [0.15, 0.2) is 0 Å². The van der Waals surface area contributed by atoms with E-state index in [-0.39, 0.29) is 48.8 Å². The first-order valence-electron chi connectivity index (χ1n) is 11.4. The highest BCUT2D eigenvalue weighted by molar-refractivity contribution is 7.89. The molecule has 3 atom stereocenters. The van der Waals surface area contributed by atoms with E-state index in [1.807, 2.05) is 31.2 Å². The first-order valence-corrected chi connectivity index (χ1v) is 12.9. The van der Waals surface area contributed by atoms with Gasteiger partial charge < -0.3 is 24.2 Å². The molecular weight excluding hydrogens is 472 g/mol. The fourth-order valence-corrected chi connectivity index (χ4v) is 5.84. The second-order valence-electron chi connectivity index (χ2n) is 8.84. The predicted octanol–water partition coefficient (Wildman–Crippen LogP) is 2.24. The second-order valence-corrected chi connectivity index (χ2v) is 10.7. The number of aliphatic hydroxyl groups excluding tert-OH is 1. The Morgan fingerprint density at radius 3 is 2.46 bits per heavy atom. The highest BCUT2D eigenvalue weighted by atomic mass is 32.2. The maximum Gasteiger partial charge on any atom is 0.248 e. The fraction of sp³-hybridized carbons (Fsp3) is 0.480. The van der Waals surface area contributed by atoms with Gasteiger partial charge in [-0.15, -0.1) is 0 Å². The molecule has 0 radical (unpaired) electrons. The summed E-state index contributed by atoms with van der Waals surface area (Å²) >= 11 is 0. The molecule has 0 aliphatic carbocycles. The number of ether oxygens (including phenoxy) is 3. The van der Waals surface area contributed by atoms with Crippen LogP contribution >= 0.6 is 0 Å². The van der Waals surface area contributed by atoms with Gasteiger partial charge in [0.1, 0.15) is 29.1 Å². The van der Waals surface area contributed by atoms with Crippen molar-refractivity contribution in [3.63, 3.8) is 0 Å². The molecule has 1 N–H and O–H groups in total. The summed E-state index contributed by atoms with van der Waals surface area (Å²) in [4.78, 5) is 13.9. The number of methoxy groups -OCH3 is 2. The number of amides is 1. The monoisotopic (exact) mass is 506 g/mol. The molecule has 1 aliphatic heterocycles. The maximum atomic E-state index is 13.6. The fourth-order valence-electron chi connectivity index (χ4n) is 4.01. The molecule has 9 nitrogen and oxygen atoms in total. The van der Waals surface area contributed by atoms with Gasteiger partial charge in [-0.2, -0.15) is 4.31 Å². The lowest BCUT2D eigenvalue weighted by atomic mass is 10.0. The Kier molecular flexibility index (Phi) is 8.76. The zero-order valence-electron chi connectivity index (χ0n) is 20.8. The van der Waals surface area contributed by atoms with Crippen LogP contribution in [0.25, 0.3) is 11.1 Å². The van der Waals surface area contributed by atoms with Gasteiger partial charge in [0, 0.05) is 32.7 Å². The summed E-state index contributed by atoms with van der Waals surface area (Å²) in [7, 11) is 0.763. The molecule has 0 aromatic heterocycles. The summed E-state index contributed by atoms with van der Waals surface area (Å²) in [6.07, 6.45) is -0.491. The lowest BCUT2D eigenvalue weighted by Crippen LogP contribution is -2.50. The number of likely N-dealkylation sites (N-methyl/N-ethyl adjacent to an activating group) is 1. The van der Waals surface area contributed by atoms with Crippen LogP contribution in [-0.4, -0.2) is 88.4 Å². The Bertz CT molecular complexity index is 1120. The normalized spacial score (nSPS) is 20.6. The lowest BCUT2D eigenvalue weighted by Gasteiger charge is -2.37. The number of nitrogens with zero attached hydrogens (tertiary/aromatic N) is 2. The van der Waals surface area contributed by atoms with Gasteiger partial charge in [-0.3, -0.25) is 4.79 Å². The SMILES string of the molecule is COCC(=O)N(C)C[C@H]1Oc2cc(-c3ccc(OC)cc3)ccc2S(=O)(=O)N([C@H](C)CO)C[C@H]1C. The quantitative estimate of drug-likeness (QED) is 0.585. The Morgan fingerprint density at radius 1 is 1.20 bits per heavy atom. The molecule has 1 heterocycles. The highest BCUT2D eigenvalue weighted by Gasteiger charge is 2.38. The van der Waals surface area contributed by atoms with Crippen LogP contribution in [-0.2, 0) is 19.6 Å². The van der Waals surface area contributed by atoms with E-state index in [0.29, 0.717) is 5.75 Å². The average molecular weight is 507 g/mol. The number of hydrogen-bond acceptors (Lipinski definition) is 7. The molecule has 192 valence electrons. The highest BCUT2D eigenvalue weighted by Crippen LogP contribution is 2.36. The molecule has 1 aliphatic rings. The molecule has 2 aromatic carbocycles. The van der Waals surface area contributed by atoms with E-state index in [4.69, 9.17) is 14.2 Å². The molecule has 0 fully saturated rings. The molecule has 3 rings (SSSR count). The van der Waals surface area contributed by atoms with Crippen molar-refractivity contribution < 1.29 is 32.5 Å². The van der Waals surface area contributed by atoms with Gasteiger partial charge in [0.05, 0.1) is 20.3 Å². The Morgan fingerprint density at radius 2 is 1.86 bits per heavy atom. The standard InChI is InChI=1S/C25H34N2O7S/c1-17-13-27(18(2)15-28)35(30,31)24-11-8-20(19-6-9-21(33-5)10-7-19)12-22(24)34-23(17)14-26(3)25(29)16-32-4/h6-12,17-18,23,28H,13-16H2,1-5H3/t17-,18-,23-/m1/s1. The summed E-state index contributed by atoms with van der Waals surface area (Å²) in [6, 6.07) is 11.8. The molecule has 1 amide bonds. The molecule has 0 saturated carbocycles. The number of sulfonamides is 1. The number of aliphatic hydroxyl groups is 1. The van der Waals surface area contributed by atoms with E-state index in [9.17, 15) is 18.3 Å². The molecule has 0 spiro atoms. The number of carbonyl (C=O) groups excluding carboxylic acids is 1. The van der Waals surface area contributed by atoms with Gasteiger partial charge in [-0.25, -0.2) is 8.42 Å². The minimum absolute atomic E-state index is 0.0258. The van der Waals surface area contributed by atoms with Gasteiger partial charge in [0.25, 0.3) is 0 Å². The maximum absolute atomic E-state index is 13.6. The summed E-state index contributed by atoms with van der Waals surface area (Å²) in [6.45, 7) is 3.56. The van der Waals surface area contributed by atoms with Crippen molar-refractivity contribution in [1.29, 1.82) is 0 Å². The molecule has 2 aromatic rings. The van der Waals surface area contributed by atoms with Crippen LogP contribution in [0, 0.1) is 5.92 Å². The third-order valence-electron chi connectivity index (χ3n) is 6.24. The van der Waals surface area contributed by atoms with Crippen LogP contribution in [0.15, 0.2) is 47.4 Å². The lowest BCUT2D eigenvalue weighted by molar-refractivity contribution is -0.135. The summed E-state index contributed by atoms with van der Waals surface area (Å²) in [5, 5.41) is 9.78. The summed E-state index contributed by atoms with van der Waals surface area (Å²) in [5.74, 6) is 0.447. The van der Waals surface area contributed by atoms with Crippen LogP contribution in [0.5, 0.6) is 11.5 Å². The number of fused-ring (bicyclic) bond motifs is 1. The van der Waals surface area contributed by atoms with E-state index in [0.717, 1.165) is 11.1 Å². The summed E-state index contributed by atoms with van der Waals surface area (Å²) < 4.78 is 45.1. The third kappa shape index (κ3) is 5.95. The van der Waals surface area contributed by atoms with Crippen LogP contribution in [0.3, 0.4) is 0 Å². The Balaban J connectivity index is 2.08. The van der Waals surface area contributed by atoms with E-state index in [1.54, 1.807) is 33.2 Å². The second kappa shape index (κ2) is 11.4. The largest absolute Gasteiger partial charge is 0.497 e. The smallest absolute Gasteiger partial charge is 0.248 e.